The second kappa shape index (κ2) is 8.73. The number of carbonyl (C=O) groups excluding carboxylic acids is 2. The van der Waals surface area contributed by atoms with Gasteiger partial charge in [-0.25, -0.2) is 8.78 Å². The van der Waals surface area contributed by atoms with Crippen LogP contribution in [0.3, 0.4) is 0 Å². The van der Waals surface area contributed by atoms with E-state index in [1.165, 1.54) is 47.4 Å². The summed E-state index contributed by atoms with van der Waals surface area (Å²) >= 11 is 0. The predicted molar refractivity (Wildman–Crippen MR) is 107 cm³/mol. The summed E-state index contributed by atoms with van der Waals surface area (Å²) in [6.07, 6.45) is 0. The molecule has 2 amide bonds. The summed E-state index contributed by atoms with van der Waals surface area (Å²) in [5.41, 5.74) is 0.966. The summed E-state index contributed by atoms with van der Waals surface area (Å²) < 4.78 is 32.3. The van der Waals surface area contributed by atoms with E-state index in [-0.39, 0.29) is 17.8 Å². The van der Waals surface area contributed by atoms with E-state index in [1.54, 1.807) is 6.07 Å². The van der Waals surface area contributed by atoms with E-state index in [1.807, 2.05) is 0 Å². The van der Waals surface area contributed by atoms with Crippen LogP contribution in [0.1, 0.15) is 5.56 Å². The van der Waals surface area contributed by atoms with Gasteiger partial charge in [0.25, 0.3) is 11.8 Å². The molecule has 30 heavy (non-hydrogen) atoms. The molecule has 6 nitrogen and oxygen atoms in total. The number of carbonyl (C=O) groups is 2. The quantitative estimate of drug-likeness (QED) is 0.738. The molecule has 1 N–H and O–H groups in total. The molecule has 0 saturated carbocycles. The van der Waals surface area contributed by atoms with Crippen LogP contribution in [-0.4, -0.2) is 61.0 Å². The monoisotopic (exact) mass is 413 g/mol. The summed E-state index contributed by atoms with van der Waals surface area (Å²) in [7, 11) is 0. The fourth-order valence-electron chi connectivity index (χ4n) is 3.56. The summed E-state index contributed by atoms with van der Waals surface area (Å²) in [5, 5.41) is 2.89. The fraction of sp³-hybridized carbons (Fsp3) is 0.273. The molecule has 2 aromatic carbocycles. The molecule has 2 aromatic rings. The van der Waals surface area contributed by atoms with Crippen molar-refractivity contribution < 1.29 is 23.1 Å². The van der Waals surface area contributed by atoms with Crippen LogP contribution in [0.2, 0.25) is 0 Å². The van der Waals surface area contributed by atoms with Crippen molar-refractivity contribution >= 4 is 23.1 Å². The fourth-order valence-corrected chi connectivity index (χ4v) is 3.56. The second-order valence-corrected chi connectivity index (χ2v) is 7.11. The number of anilines is 1. The SMILES string of the molecule is O=C1C(Nc2cccc(F)c2)=C(c2ccc(F)cc2)C(=O)N1CCN1CCOCC1. The highest BCUT2D eigenvalue weighted by Crippen LogP contribution is 2.30. The second-order valence-electron chi connectivity index (χ2n) is 7.11. The van der Waals surface area contributed by atoms with Crippen molar-refractivity contribution in [1.29, 1.82) is 0 Å². The first kappa shape index (κ1) is 20.2. The number of morpholine rings is 1. The van der Waals surface area contributed by atoms with Crippen LogP contribution in [0, 0.1) is 11.6 Å². The molecule has 8 heteroatoms. The van der Waals surface area contributed by atoms with Gasteiger partial charge in [-0.3, -0.25) is 19.4 Å². The Morgan fingerprint density at radius 1 is 0.900 bits per heavy atom. The number of imide groups is 1. The number of nitrogens with one attached hydrogen (secondary N) is 1. The van der Waals surface area contributed by atoms with E-state index >= 15 is 0 Å². The first-order valence-electron chi connectivity index (χ1n) is 9.72. The predicted octanol–water partition coefficient (Wildman–Crippen LogP) is 2.49. The highest BCUT2D eigenvalue weighted by Gasteiger charge is 2.39. The lowest BCUT2D eigenvalue weighted by molar-refractivity contribution is -0.137. The van der Waals surface area contributed by atoms with Gasteiger partial charge in [-0.15, -0.1) is 0 Å². The van der Waals surface area contributed by atoms with Gasteiger partial charge in [0.05, 0.1) is 18.8 Å². The van der Waals surface area contributed by atoms with E-state index in [9.17, 15) is 18.4 Å². The Morgan fingerprint density at radius 2 is 1.63 bits per heavy atom. The molecule has 1 fully saturated rings. The van der Waals surface area contributed by atoms with Gasteiger partial charge < -0.3 is 10.1 Å². The third-order valence-corrected chi connectivity index (χ3v) is 5.14. The van der Waals surface area contributed by atoms with Gasteiger partial charge in [-0.1, -0.05) is 18.2 Å². The minimum Gasteiger partial charge on any atom is -0.379 e. The Balaban J connectivity index is 1.62. The molecule has 1 saturated heterocycles. The number of nitrogens with zero attached hydrogens (tertiary/aromatic N) is 2. The van der Waals surface area contributed by atoms with Crippen molar-refractivity contribution in [3.05, 3.63) is 71.4 Å². The lowest BCUT2D eigenvalue weighted by atomic mass is 10.0. The van der Waals surface area contributed by atoms with E-state index < -0.39 is 23.4 Å². The lowest BCUT2D eigenvalue weighted by Gasteiger charge is -2.28. The Bertz CT molecular complexity index is 985. The molecule has 2 heterocycles. The molecular weight excluding hydrogens is 392 g/mol. The van der Waals surface area contributed by atoms with Crippen LogP contribution in [0.5, 0.6) is 0 Å². The van der Waals surface area contributed by atoms with Crippen LogP contribution in [0.4, 0.5) is 14.5 Å². The van der Waals surface area contributed by atoms with Gasteiger partial charge in [0.1, 0.15) is 17.3 Å². The smallest absolute Gasteiger partial charge is 0.278 e. The average Bonchev–Trinajstić information content (AvgIpc) is 2.97. The molecule has 0 aromatic heterocycles. The molecular formula is C22H21F2N3O3. The normalized spacial score (nSPS) is 17.7. The Labute approximate surface area is 172 Å². The third-order valence-electron chi connectivity index (χ3n) is 5.14. The maximum absolute atomic E-state index is 13.6. The molecule has 2 aliphatic rings. The molecule has 0 atom stereocenters. The van der Waals surface area contributed by atoms with Gasteiger partial charge in [-0.2, -0.15) is 0 Å². The van der Waals surface area contributed by atoms with E-state index in [4.69, 9.17) is 4.74 Å². The molecule has 0 aliphatic carbocycles. The van der Waals surface area contributed by atoms with E-state index in [0.717, 1.165) is 13.1 Å². The van der Waals surface area contributed by atoms with E-state index in [2.05, 4.69) is 10.2 Å². The van der Waals surface area contributed by atoms with Crippen LogP contribution in [-0.2, 0) is 14.3 Å². The molecule has 0 radical (unpaired) electrons. The van der Waals surface area contributed by atoms with Gasteiger partial charge in [0.2, 0.25) is 0 Å². The zero-order valence-electron chi connectivity index (χ0n) is 16.2. The van der Waals surface area contributed by atoms with Crippen LogP contribution in [0.25, 0.3) is 5.57 Å². The summed E-state index contributed by atoms with van der Waals surface area (Å²) in [5.74, 6) is -1.86. The number of halogens is 2. The molecule has 2 aliphatic heterocycles. The first-order chi connectivity index (χ1) is 14.5. The standard InChI is InChI=1S/C22H21F2N3O3/c23-16-6-4-15(5-7-16)19-20(25-18-3-1-2-17(24)14-18)22(29)27(21(19)28)9-8-26-10-12-30-13-11-26/h1-7,14,25H,8-13H2. The maximum atomic E-state index is 13.6. The van der Waals surface area contributed by atoms with Gasteiger partial charge in [0.15, 0.2) is 0 Å². The zero-order valence-corrected chi connectivity index (χ0v) is 16.2. The zero-order chi connectivity index (χ0) is 21.1. The molecule has 0 spiro atoms. The summed E-state index contributed by atoms with van der Waals surface area (Å²) in [6.45, 7) is 3.47. The van der Waals surface area contributed by atoms with Crippen molar-refractivity contribution in [3.63, 3.8) is 0 Å². The topological polar surface area (TPSA) is 61.9 Å². The molecule has 0 bridgehead atoms. The molecule has 156 valence electrons. The number of benzene rings is 2. The maximum Gasteiger partial charge on any atom is 0.278 e. The largest absolute Gasteiger partial charge is 0.379 e. The molecule has 4 rings (SSSR count). The Hall–Kier alpha value is -3.10. The lowest BCUT2D eigenvalue weighted by Crippen LogP contribution is -2.43. The van der Waals surface area contributed by atoms with Crippen molar-refractivity contribution in [2.24, 2.45) is 0 Å². The van der Waals surface area contributed by atoms with Crippen molar-refractivity contribution in [2.45, 2.75) is 0 Å². The Kier molecular flexibility index (Phi) is 5.87. The van der Waals surface area contributed by atoms with Crippen molar-refractivity contribution in [3.8, 4) is 0 Å². The molecule has 0 unspecified atom stereocenters. The van der Waals surface area contributed by atoms with E-state index in [0.29, 0.717) is 31.0 Å². The van der Waals surface area contributed by atoms with Gasteiger partial charge in [0, 0.05) is 31.9 Å². The minimum absolute atomic E-state index is 0.0548. The summed E-state index contributed by atoms with van der Waals surface area (Å²) in [6, 6.07) is 11.0. The highest BCUT2D eigenvalue weighted by atomic mass is 19.1. The number of ether oxygens (including phenoxy) is 1. The van der Waals surface area contributed by atoms with Crippen molar-refractivity contribution in [2.75, 3.05) is 44.7 Å². The first-order valence-corrected chi connectivity index (χ1v) is 9.72. The minimum atomic E-state index is -0.489. The number of hydrogen-bond acceptors (Lipinski definition) is 5. The number of rotatable bonds is 6. The average molecular weight is 413 g/mol. The van der Waals surface area contributed by atoms with Crippen LogP contribution < -0.4 is 5.32 Å². The third kappa shape index (κ3) is 4.24. The van der Waals surface area contributed by atoms with Gasteiger partial charge in [-0.05, 0) is 35.9 Å². The summed E-state index contributed by atoms with van der Waals surface area (Å²) in [4.78, 5) is 29.5. The van der Waals surface area contributed by atoms with Crippen LogP contribution in [0.15, 0.2) is 54.2 Å². The Morgan fingerprint density at radius 3 is 2.33 bits per heavy atom. The number of hydrogen-bond donors (Lipinski definition) is 1. The van der Waals surface area contributed by atoms with Crippen LogP contribution >= 0.6 is 0 Å². The highest BCUT2D eigenvalue weighted by molar-refractivity contribution is 6.36. The van der Waals surface area contributed by atoms with Crippen molar-refractivity contribution in [1.82, 2.24) is 9.80 Å². The van der Waals surface area contributed by atoms with Gasteiger partial charge >= 0.3 is 0 Å². The number of amides is 2.